The normalized spacial score (nSPS) is 12.6. The summed E-state index contributed by atoms with van der Waals surface area (Å²) in [5, 5.41) is 10.2. The van der Waals surface area contributed by atoms with Gasteiger partial charge in [-0.1, -0.05) is 0 Å². The van der Waals surface area contributed by atoms with Gasteiger partial charge in [0.05, 0.1) is 0 Å². The van der Waals surface area contributed by atoms with Gasteiger partial charge in [0, 0.05) is 0 Å². The molecule has 0 saturated heterocycles. The van der Waals surface area contributed by atoms with Crippen molar-refractivity contribution in [3.05, 3.63) is 0 Å². The molecule has 0 amide bonds. The summed E-state index contributed by atoms with van der Waals surface area (Å²) in [6, 6.07) is 0. The Bertz CT molecular complexity index is 219. The third kappa shape index (κ3) is 8.93. The van der Waals surface area contributed by atoms with Crippen LogP contribution in [0.2, 0.25) is 8.87 Å². The van der Waals surface area contributed by atoms with Crippen LogP contribution in [0.3, 0.4) is 0 Å². The molecule has 0 heterocycles. The third-order valence-corrected chi connectivity index (χ3v) is 12.0. The van der Waals surface area contributed by atoms with Gasteiger partial charge in [0.25, 0.3) is 0 Å². The summed E-state index contributed by atoms with van der Waals surface area (Å²) in [7, 11) is 0. The molecule has 6 heteroatoms. The molecule has 0 aliphatic rings. The van der Waals surface area contributed by atoms with Crippen molar-refractivity contribution in [1.29, 1.82) is 0 Å². The van der Waals surface area contributed by atoms with Crippen LogP contribution < -0.4 is 0 Å². The van der Waals surface area contributed by atoms with Crippen molar-refractivity contribution in [2.45, 2.75) is 57.1 Å². The fourth-order valence-corrected chi connectivity index (χ4v) is 9.91. The second-order valence-corrected chi connectivity index (χ2v) is 14.3. The van der Waals surface area contributed by atoms with E-state index < -0.39 is 30.3 Å². The number of ether oxygens (including phenoxy) is 1. The second kappa shape index (κ2) is 11.7. The van der Waals surface area contributed by atoms with E-state index in [1.54, 1.807) is 0 Å². The number of hydrogen-bond donors (Lipinski definition) is 3. The van der Waals surface area contributed by atoms with E-state index in [2.05, 4.69) is 39.1 Å². The summed E-state index contributed by atoms with van der Waals surface area (Å²) >= 11 is 5.94. The first-order chi connectivity index (χ1) is 8.52. The van der Waals surface area contributed by atoms with E-state index in [0.29, 0.717) is 0 Å². The molecule has 106 valence electrons. The van der Waals surface area contributed by atoms with Crippen molar-refractivity contribution in [2.24, 2.45) is 0 Å². The van der Waals surface area contributed by atoms with Crippen LogP contribution in [0, 0.1) is 0 Å². The quantitative estimate of drug-likeness (QED) is 0.229. The van der Waals surface area contributed by atoms with Gasteiger partial charge in [0.2, 0.25) is 0 Å². The molecule has 0 bridgehead atoms. The van der Waals surface area contributed by atoms with Crippen molar-refractivity contribution in [1.82, 2.24) is 0 Å². The molecule has 3 nitrogen and oxygen atoms in total. The number of esters is 1. The molecule has 1 N–H and O–H groups in total. The SMILES string of the molecule is CCC[CH2][Sn+]([CH2]CCC)[CH](O)COC(=O)C(S)S. The van der Waals surface area contributed by atoms with Crippen LogP contribution in [0.5, 0.6) is 0 Å². The number of hydrogen-bond acceptors (Lipinski definition) is 5. The topological polar surface area (TPSA) is 46.5 Å². The molecule has 1 atom stereocenters. The molecular weight excluding hydrogens is 375 g/mol. The zero-order valence-corrected chi connectivity index (χ0v) is 15.9. The van der Waals surface area contributed by atoms with E-state index in [0.717, 1.165) is 12.8 Å². The van der Waals surface area contributed by atoms with Gasteiger partial charge in [-0.3, -0.25) is 0 Å². The van der Waals surface area contributed by atoms with E-state index in [9.17, 15) is 9.90 Å². The van der Waals surface area contributed by atoms with Crippen LogP contribution in [-0.4, -0.2) is 46.1 Å². The van der Waals surface area contributed by atoms with Crippen molar-refractivity contribution in [3.8, 4) is 0 Å². The Labute approximate surface area is 129 Å². The second-order valence-electron chi connectivity index (χ2n) is 4.38. The van der Waals surface area contributed by atoms with Crippen molar-refractivity contribution in [2.75, 3.05) is 6.61 Å². The van der Waals surface area contributed by atoms with Gasteiger partial charge >= 0.3 is 129 Å². The Morgan fingerprint density at radius 1 is 1.22 bits per heavy atom. The number of carbonyl (C=O) groups is 1. The molecule has 0 aliphatic carbocycles. The van der Waals surface area contributed by atoms with Crippen molar-refractivity contribution in [3.63, 3.8) is 0 Å². The molecule has 0 radical (unpaired) electrons. The van der Waals surface area contributed by atoms with Gasteiger partial charge in [-0.2, -0.15) is 0 Å². The van der Waals surface area contributed by atoms with Crippen molar-refractivity contribution < 1.29 is 14.6 Å². The molecule has 0 aliphatic heterocycles. The standard InChI is InChI=1S/C4H7O3S2.2C4H9.Sn/c5-1-2-7-3(6)4(8)9;2*1-3-4-2;/h1,4-5,8-9H,2H2;2*1,3-4H2,2H3;/q;;;+1. The maximum atomic E-state index is 11.2. The number of rotatable bonds is 10. The Kier molecular flexibility index (Phi) is 12.3. The third-order valence-electron chi connectivity index (χ3n) is 2.77. The Hall–Kier alpha value is 0.929. The summed E-state index contributed by atoms with van der Waals surface area (Å²) < 4.78 is 6.29. The van der Waals surface area contributed by atoms with Gasteiger partial charge in [0.1, 0.15) is 0 Å². The molecule has 0 aromatic rings. The first-order valence-electron chi connectivity index (χ1n) is 6.58. The van der Waals surface area contributed by atoms with Crippen molar-refractivity contribution >= 4 is 51.0 Å². The molecule has 0 aromatic carbocycles. The maximum absolute atomic E-state index is 11.2. The van der Waals surface area contributed by atoms with Crippen LogP contribution in [0.25, 0.3) is 0 Å². The Morgan fingerprint density at radius 2 is 1.72 bits per heavy atom. The summed E-state index contributed by atoms with van der Waals surface area (Å²) in [4.78, 5) is 11.2. The zero-order valence-electron chi connectivity index (χ0n) is 11.3. The van der Waals surface area contributed by atoms with E-state index in [4.69, 9.17) is 4.74 Å². The Morgan fingerprint density at radius 3 is 2.11 bits per heavy atom. The fourth-order valence-electron chi connectivity index (χ4n) is 1.62. The fraction of sp³-hybridized carbons (Fsp3) is 0.917. The predicted molar refractivity (Wildman–Crippen MR) is 83.9 cm³/mol. The van der Waals surface area contributed by atoms with Gasteiger partial charge in [-0.15, -0.1) is 0 Å². The summed E-state index contributed by atoms with van der Waals surface area (Å²) in [5.41, 5.74) is 0. The number of aliphatic hydroxyl groups excluding tert-OH is 1. The van der Waals surface area contributed by atoms with Gasteiger partial charge in [-0.25, -0.2) is 0 Å². The van der Waals surface area contributed by atoms with E-state index in [1.165, 1.54) is 21.7 Å². The number of carbonyl (C=O) groups excluding carboxylic acids is 1. The molecule has 0 fully saturated rings. The molecule has 0 aromatic heterocycles. The molecule has 0 rings (SSSR count). The molecule has 0 spiro atoms. The van der Waals surface area contributed by atoms with Crippen LogP contribution in [-0.2, 0) is 9.53 Å². The molecule has 0 saturated carbocycles. The van der Waals surface area contributed by atoms with E-state index >= 15 is 0 Å². The first-order valence-corrected chi connectivity index (χ1v) is 13.3. The number of aliphatic hydroxyl groups is 1. The minimum absolute atomic E-state index is 0.138. The summed E-state index contributed by atoms with van der Waals surface area (Å²) in [5.74, 6) is -0.463. The Balaban J connectivity index is 4.09. The van der Waals surface area contributed by atoms with Crippen LogP contribution in [0.1, 0.15) is 39.5 Å². The minimum atomic E-state index is -1.83. The molecular formula is C12H25O3S2Sn+. The number of unbranched alkanes of at least 4 members (excludes halogenated alkanes) is 2. The zero-order chi connectivity index (χ0) is 14.0. The summed E-state index contributed by atoms with van der Waals surface area (Å²) in [6.07, 6.45) is 4.70. The van der Waals surface area contributed by atoms with E-state index in [1.807, 2.05) is 0 Å². The van der Waals surface area contributed by atoms with E-state index in [-0.39, 0.29) is 10.7 Å². The van der Waals surface area contributed by atoms with Gasteiger partial charge in [-0.05, 0) is 0 Å². The first kappa shape index (κ1) is 18.9. The summed E-state index contributed by atoms with van der Waals surface area (Å²) in [6.45, 7) is 4.47. The van der Waals surface area contributed by atoms with Crippen LogP contribution in [0.15, 0.2) is 0 Å². The van der Waals surface area contributed by atoms with Crippen LogP contribution >= 0.6 is 25.3 Å². The van der Waals surface area contributed by atoms with Gasteiger partial charge < -0.3 is 0 Å². The van der Waals surface area contributed by atoms with Gasteiger partial charge in [0.15, 0.2) is 0 Å². The predicted octanol–water partition coefficient (Wildman–Crippen LogP) is 2.71. The number of thiol groups is 2. The van der Waals surface area contributed by atoms with Crippen LogP contribution in [0.4, 0.5) is 0 Å². The molecule has 18 heavy (non-hydrogen) atoms. The average molecular weight is 400 g/mol. The monoisotopic (exact) mass is 401 g/mol. The molecule has 1 unspecified atom stereocenters. The average Bonchev–Trinajstić information content (AvgIpc) is 2.35.